The summed E-state index contributed by atoms with van der Waals surface area (Å²) < 4.78 is 27.8. The van der Waals surface area contributed by atoms with Gasteiger partial charge < -0.3 is 5.32 Å². The van der Waals surface area contributed by atoms with Gasteiger partial charge in [-0.05, 0) is 43.7 Å². The van der Waals surface area contributed by atoms with Gasteiger partial charge in [-0.3, -0.25) is 0 Å². The molecule has 1 saturated carbocycles. The third-order valence-electron chi connectivity index (χ3n) is 4.44. The van der Waals surface area contributed by atoms with Crippen molar-refractivity contribution in [3.8, 4) is 0 Å². The molecule has 0 radical (unpaired) electrons. The summed E-state index contributed by atoms with van der Waals surface area (Å²) in [6.07, 6.45) is 3.12. The molecule has 1 fully saturated rings. The van der Waals surface area contributed by atoms with Crippen LogP contribution in [0.2, 0.25) is 0 Å². The van der Waals surface area contributed by atoms with Crippen molar-refractivity contribution >= 4 is 21.4 Å². The first-order chi connectivity index (χ1) is 9.94. The summed E-state index contributed by atoms with van der Waals surface area (Å²) in [5.74, 6) is 0.998. The van der Waals surface area contributed by atoms with Crippen LogP contribution in [-0.4, -0.2) is 21.0 Å². The molecule has 1 heterocycles. The average molecular weight is 331 g/mol. The van der Waals surface area contributed by atoms with Crippen LogP contribution in [0, 0.1) is 11.8 Å². The predicted octanol–water partition coefficient (Wildman–Crippen LogP) is 2.96. The first-order valence-corrected chi connectivity index (χ1v) is 10.1. The van der Waals surface area contributed by atoms with Crippen LogP contribution in [0.25, 0.3) is 0 Å². The Kier molecular flexibility index (Phi) is 5.82. The summed E-state index contributed by atoms with van der Waals surface area (Å²) >= 11 is 1.50. The van der Waals surface area contributed by atoms with E-state index in [9.17, 15) is 8.42 Å². The lowest BCUT2D eigenvalue weighted by atomic mass is 9.98. The topological polar surface area (TPSA) is 58.2 Å². The molecule has 2 N–H and O–H groups in total. The van der Waals surface area contributed by atoms with Crippen molar-refractivity contribution < 1.29 is 8.42 Å². The maximum absolute atomic E-state index is 12.5. The first-order valence-electron chi connectivity index (χ1n) is 7.74. The van der Waals surface area contributed by atoms with Crippen LogP contribution in [0.4, 0.5) is 0 Å². The van der Waals surface area contributed by atoms with Crippen LogP contribution in [0.3, 0.4) is 0 Å². The second-order valence-electron chi connectivity index (χ2n) is 6.07. The van der Waals surface area contributed by atoms with E-state index in [4.69, 9.17) is 0 Å². The van der Waals surface area contributed by atoms with Gasteiger partial charge in [0.1, 0.15) is 0 Å². The Morgan fingerprint density at radius 3 is 2.71 bits per heavy atom. The molecule has 0 aromatic carbocycles. The zero-order valence-corrected chi connectivity index (χ0v) is 14.7. The Balaban J connectivity index is 1.99. The van der Waals surface area contributed by atoms with E-state index in [1.165, 1.54) is 11.3 Å². The van der Waals surface area contributed by atoms with E-state index in [0.29, 0.717) is 16.7 Å². The van der Waals surface area contributed by atoms with Crippen LogP contribution in [0.5, 0.6) is 0 Å². The summed E-state index contributed by atoms with van der Waals surface area (Å²) in [5, 5.41) is 5.04. The zero-order chi connectivity index (χ0) is 15.5. The molecule has 120 valence electrons. The van der Waals surface area contributed by atoms with Gasteiger partial charge in [-0.1, -0.05) is 20.8 Å². The molecule has 0 bridgehead atoms. The molecule has 21 heavy (non-hydrogen) atoms. The summed E-state index contributed by atoms with van der Waals surface area (Å²) in [6.45, 7) is 8.14. The van der Waals surface area contributed by atoms with Gasteiger partial charge in [-0.25, -0.2) is 13.1 Å². The Hall–Kier alpha value is -0.430. The summed E-state index contributed by atoms with van der Waals surface area (Å²) in [5.41, 5.74) is 0. The fraction of sp³-hybridized carbons (Fsp3) is 0.733. The number of hydrogen-bond acceptors (Lipinski definition) is 4. The molecule has 3 unspecified atom stereocenters. The van der Waals surface area contributed by atoms with E-state index in [1.807, 2.05) is 0 Å². The van der Waals surface area contributed by atoms with Crippen LogP contribution in [-0.2, 0) is 16.6 Å². The van der Waals surface area contributed by atoms with Gasteiger partial charge in [0.2, 0.25) is 10.0 Å². The number of sulfonamides is 1. The van der Waals surface area contributed by atoms with Gasteiger partial charge in [0.05, 0.1) is 4.90 Å². The minimum absolute atomic E-state index is 0.0755. The van der Waals surface area contributed by atoms with Gasteiger partial charge in [0.25, 0.3) is 0 Å². The molecule has 4 nitrogen and oxygen atoms in total. The highest BCUT2D eigenvalue weighted by Crippen LogP contribution is 2.32. The first kappa shape index (κ1) is 16.9. The normalized spacial score (nSPS) is 26.3. The van der Waals surface area contributed by atoms with Crippen molar-refractivity contribution in [3.63, 3.8) is 0 Å². The smallest absolute Gasteiger partial charge is 0.241 e. The van der Waals surface area contributed by atoms with E-state index in [1.54, 1.807) is 11.4 Å². The predicted molar refractivity (Wildman–Crippen MR) is 88.0 cm³/mol. The third-order valence-corrected chi connectivity index (χ3v) is 6.99. The van der Waals surface area contributed by atoms with Crippen LogP contribution in [0.1, 0.15) is 44.9 Å². The van der Waals surface area contributed by atoms with E-state index in [-0.39, 0.29) is 6.04 Å². The lowest BCUT2D eigenvalue weighted by Gasteiger charge is -2.19. The number of rotatable bonds is 7. The second kappa shape index (κ2) is 7.22. The van der Waals surface area contributed by atoms with Crippen molar-refractivity contribution in [2.75, 3.05) is 6.54 Å². The van der Waals surface area contributed by atoms with Crippen LogP contribution >= 0.6 is 11.3 Å². The highest BCUT2D eigenvalue weighted by atomic mass is 32.2. The molecule has 3 atom stereocenters. The van der Waals surface area contributed by atoms with Crippen LogP contribution in [0.15, 0.2) is 16.3 Å². The lowest BCUT2D eigenvalue weighted by molar-refractivity contribution is 0.402. The van der Waals surface area contributed by atoms with E-state index in [2.05, 4.69) is 30.8 Å². The van der Waals surface area contributed by atoms with E-state index in [0.717, 1.165) is 37.2 Å². The molecule has 6 heteroatoms. The zero-order valence-electron chi connectivity index (χ0n) is 13.1. The van der Waals surface area contributed by atoms with Crippen molar-refractivity contribution in [1.29, 1.82) is 0 Å². The summed E-state index contributed by atoms with van der Waals surface area (Å²) in [6, 6.07) is 1.87. The summed E-state index contributed by atoms with van der Waals surface area (Å²) in [4.78, 5) is 1.48. The Bertz CT molecular complexity index is 554. The highest BCUT2D eigenvalue weighted by molar-refractivity contribution is 7.89. The van der Waals surface area contributed by atoms with Crippen molar-refractivity contribution in [1.82, 2.24) is 10.0 Å². The van der Waals surface area contributed by atoms with Gasteiger partial charge in [-0.2, -0.15) is 0 Å². The fourth-order valence-electron chi connectivity index (χ4n) is 2.78. The minimum Gasteiger partial charge on any atom is -0.312 e. The molecular formula is C15H26N2O2S2. The Labute approximate surface area is 132 Å². The van der Waals surface area contributed by atoms with Gasteiger partial charge in [-0.15, -0.1) is 11.3 Å². The van der Waals surface area contributed by atoms with Gasteiger partial charge >= 0.3 is 0 Å². The van der Waals surface area contributed by atoms with Gasteiger partial charge in [0, 0.05) is 22.8 Å². The largest absolute Gasteiger partial charge is 0.312 e. The number of hydrogen-bond donors (Lipinski definition) is 2. The average Bonchev–Trinajstić information content (AvgIpc) is 3.02. The van der Waals surface area contributed by atoms with Crippen molar-refractivity contribution in [3.05, 3.63) is 16.3 Å². The Morgan fingerprint density at radius 1 is 1.33 bits per heavy atom. The maximum atomic E-state index is 12.5. The monoisotopic (exact) mass is 330 g/mol. The molecule has 1 aromatic rings. The fourth-order valence-corrected chi connectivity index (χ4v) is 5.39. The molecule has 1 aromatic heterocycles. The quantitative estimate of drug-likeness (QED) is 0.756. The Morgan fingerprint density at radius 2 is 2.10 bits per heavy atom. The molecule has 1 aliphatic rings. The minimum atomic E-state index is -3.38. The van der Waals surface area contributed by atoms with Gasteiger partial charge in [0.15, 0.2) is 0 Å². The maximum Gasteiger partial charge on any atom is 0.241 e. The molecule has 1 aliphatic carbocycles. The number of nitrogens with one attached hydrogen (secondary N) is 2. The van der Waals surface area contributed by atoms with E-state index >= 15 is 0 Å². The van der Waals surface area contributed by atoms with E-state index < -0.39 is 10.0 Å². The molecule has 0 amide bonds. The lowest BCUT2D eigenvalue weighted by Crippen LogP contribution is -2.37. The third kappa shape index (κ3) is 4.28. The SMILES string of the molecule is CCCNCc1cc(S(=O)(=O)NC2CCC(C)C2C)cs1. The standard InChI is InChI=1S/C15H26N2O2S2/c1-4-7-16-9-13-8-14(10-20-13)21(18,19)17-15-6-5-11(2)12(15)3/h8,10-12,15-17H,4-7,9H2,1-3H3. The second-order valence-corrected chi connectivity index (χ2v) is 8.78. The molecule has 0 spiro atoms. The van der Waals surface area contributed by atoms with Crippen LogP contribution < -0.4 is 10.0 Å². The number of thiophene rings is 1. The molecule has 0 aliphatic heterocycles. The molecule has 0 saturated heterocycles. The summed E-state index contributed by atoms with van der Waals surface area (Å²) in [7, 11) is -3.38. The molecule has 2 rings (SSSR count). The molecular weight excluding hydrogens is 304 g/mol. The van der Waals surface area contributed by atoms with Crippen molar-refractivity contribution in [2.45, 2.75) is 57.5 Å². The van der Waals surface area contributed by atoms with Crippen molar-refractivity contribution in [2.24, 2.45) is 11.8 Å². The highest BCUT2D eigenvalue weighted by Gasteiger charge is 2.33.